The van der Waals surface area contributed by atoms with Gasteiger partial charge in [-0.25, -0.2) is 4.79 Å². The number of hydrogen-bond donors (Lipinski definition) is 2. The lowest BCUT2D eigenvalue weighted by atomic mass is 10.2. The standard InChI is InChI=1S/C10H11ClN2O3/c1-5(9(13)14)16-10(15)6-2-3-7(11)8(12)4-6/h2-5H,12H2,1H3,(H2,13,14)/t5-/m0/s1. The summed E-state index contributed by atoms with van der Waals surface area (Å²) in [6.07, 6.45) is -0.982. The fourth-order valence-electron chi connectivity index (χ4n) is 0.957. The van der Waals surface area contributed by atoms with Crippen LogP contribution < -0.4 is 11.5 Å². The zero-order chi connectivity index (χ0) is 12.3. The average molecular weight is 243 g/mol. The molecule has 0 bridgehead atoms. The number of rotatable bonds is 3. The van der Waals surface area contributed by atoms with Crippen LogP contribution in [0.25, 0.3) is 0 Å². The van der Waals surface area contributed by atoms with Gasteiger partial charge in [-0.1, -0.05) is 11.6 Å². The second-order valence-corrected chi connectivity index (χ2v) is 3.59. The molecule has 1 amide bonds. The van der Waals surface area contributed by atoms with Crippen LogP contribution in [0.4, 0.5) is 5.69 Å². The number of hydrogen-bond acceptors (Lipinski definition) is 4. The van der Waals surface area contributed by atoms with Crippen LogP contribution in [0.3, 0.4) is 0 Å². The van der Waals surface area contributed by atoms with Crippen LogP contribution in [0.1, 0.15) is 17.3 Å². The first kappa shape index (κ1) is 12.3. The van der Waals surface area contributed by atoms with Gasteiger partial charge in [0.2, 0.25) is 0 Å². The topological polar surface area (TPSA) is 95.4 Å². The van der Waals surface area contributed by atoms with E-state index in [1.54, 1.807) is 0 Å². The van der Waals surface area contributed by atoms with Crippen molar-refractivity contribution in [3.05, 3.63) is 28.8 Å². The molecule has 0 aliphatic rings. The highest BCUT2D eigenvalue weighted by atomic mass is 35.5. The highest BCUT2D eigenvalue weighted by Crippen LogP contribution is 2.20. The molecule has 1 aromatic carbocycles. The molecule has 1 aromatic rings. The monoisotopic (exact) mass is 242 g/mol. The Balaban J connectivity index is 2.81. The molecule has 1 rings (SSSR count). The number of anilines is 1. The van der Waals surface area contributed by atoms with Gasteiger partial charge in [0.05, 0.1) is 16.3 Å². The van der Waals surface area contributed by atoms with Crippen molar-refractivity contribution in [2.45, 2.75) is 13.0 Å². The molecule has 5 nitrogen and oxygen atoms in total. The zero-order valence-electron chi connectivity index (χ0n) is 8.57. The molecule has 0 heterocycles. The summed E-state index contributed by atoms with van der Waals surface area (Å²) < 4.78 is 4.78. The van der Waals surface area contributed by atoms with Crippen molar-refractivity contribution >= 4 is 29.2 Å². The number of ether oxygens (including phenoxy) is 1. The maximum absolute atomic E-state index is 11.5. The van der Waals surface area contributed by atoms with Crippen LogP contribution in [0.15, 0.2) is 18.2 Å². The first-order chi connectivity index (χ1) is 7.41. The first-order valence-corrected chi connectivity index (χ1v) is 4.85. The van der Waals surface area contributed by atoms with Crippen LogP contribution in [0.2, 0.25) is 5.02 Å². The molecule has 0 radical (unpaired) electrons. The number of nitrogen functional groups attached to an aromatic ring is 1. The highest BCUT2D eigenvalue weighted by Gasteiger charge is 2.16. The third-order valence-electron chi connectivity index (χ3n) is 1.92. The first-order valence-electron chi connectivity index (χ1n) is 4.47. The van der Waals surface area contributed by atoms with Gasteiger partial charge in [-0.05, 0) is 25.1 Å². The minimum atomic E-state index is -0.982. The Bertz CT molecular complexity index is 434. The number of primary amides is 1. The SMILES string of the molecule is C[C@H](OC(=O)c1ccc(Cl)c(N)c1)C(N)=O. The smallest absolute Gasteiger partial charge is 0.338 e. The van der Waals surface area contributed by atoms with Gasteiger partial charge in [-0.15, -0.1) is 0 Å². The van der Waals surface area contributed by atoms with E-state index in [9.17, 15) is 9.59 Å². The van der Waals surface area contributed by atoms with Crippen molar-refractivity contribution in [2.24, 2.45) is 5.73 Å². The number of esters is 1. The highest BCUT2D eigenvalue weighted by molar-refractivity contribution is 6.33. The summed E-state index contributed by atoms with van der Waals surface area (Å²) in [5, 5.41) is 0.347. The van der Waals surface area contributed by atoms with E-state index in [4.69, 9.17) is 27.8 Å². The van der Waals surface area contributed by atoms with Crippen LogP contribution in [0, 0.1) is 0 Å². The Morgan fingerprint density at radius 3 is 2.56 bits per heavy atom. The van der Waals surface area contributed by atoms with Crippen molar-refractivity contribution in [1.82, 2.24) is 0 Å². The van der Waals surface area contributed by atoms with E-state index >= 15 is 0 Å². The molecule has 0 saturated carbocycles. The van der Waals surface area contributed by atoms with Gasteiger partial charge in [0.1, 0.15) is 0 Å². The summed E-state index contributed by atoms with van der Waals surface area (Å²) >= 11 is 5.69. The molecule has 86 valence electrons. The Hall–Kier alpha value is -1.75. The van der Waals surface area contributed by atoms with Crippen LogP contribution in [-0.2, 0) is 9.53 Å². The minimum Gasteiger partial charge on any atom is -0.449 e. The Morgan fingerprint density at radius 2 is 2.06 bits per heavy atom. The van der Waals surface area contributed by atoms with E-state index in [2.05, 4.69) is 0 Å². The summed E-state index contributed by atoms with van der Waals surface area (Å²) in [7, 11) is 0. The maximum Gasteiger partial charge on any atom is 0.338 e. The molecule has 0 aliphatic carbocycles. The summed E-state index contributed by atoms with van der Waals surface area (Å²) in [5.74, 6) is -1.38. The minimum absolute atomic E-state index is 0.218. The van der Waals surface area contributed by atoms with Crippen molar-refractivity contribution in [1.29, 1.82) is 0 Å². The van der Waals surface area contributed by atoms with E-state index < -0.39 is 18.0 Å². The van der Waals surface area contributed by atoms with Gasteiger partial charge in [0.25, 0.3) is 5.91 Å². The van der Waals surface area contributed by atoms with Crippen molar-refractivity contribution in [2.75, 3.05) is 5.73 Å². The van der Waals surface area contributed by atoms with Gasteiger partial charge in [-0.3, -0.25) is 4.79 Å². The third-order valence-corrected chi connectivity index (χ3v) is 2.26. The molecule has 4 N–H and O–H groups in total. The van der Waals surface area contributed by atoms with Crippen molar-refractivity contribution in [3.8, 4) is 0 Å². The number of halogens is 1. The lowest BCUT2D eigenvalue weighted by Gasteiger charge is -2.09. The van der Waals surface area contributed by atoms with E-state index in [0.29, 0.717) is 5.02 Å². The van der Waals surface area contributed by atoms with Gasteiger partial charge in [0.15, 0.2) is 6.10 Å². The summed E-state index contributed by atoms with van der Waals surface area (Å²) in [4.78, 5) is 22.2. The van der Waals surface area contributed by atoms with Crippen molar-refractivity contribution in [3.63, 3.8) is 0 Å². The van der Waals surface area contributed by atoms with Gasteiger partial charge >= 0.3 is 5.97 Å². The number of benzene rings is 1. The second-order valence-electron chi connectivity index (χ2n) is 3.19. The van der Waals surface area contributed by atoms with E-state index in [0.717, 1.165) is 0 Å². The number of carbonyl (C=O) groups excluding carboxylic acids is 2. The molecule has 0 unspecified atom stereocenters. The predicted molar refractivity (Wildman–Crippen MR) is 59.9 cm³/mol. The summed E-state index contributed by atoms with van der Waals surface area (Å²) in [5.41, 5.74) is 11.0. The third kappa shape index (κ3) is 2.87. The van der Waals surface area contributed by atoms with Crippen LogP contribution in [-0.4, -0.2) is 18.0 Å². The van der Waals surface area contributed by atoms with E-state index in [1.807, 2.05) is 0 Å². The predicted octanol–water partition coefficient (Wildman–Crippen LogP) is 0.953. The fraction of sp³-hybridized carbons (Fsp3) is 0.200. The van der Waals surface area contributed by atoms with E-state index in [1.165, 1.54) is 25.1 Å². The molecule has 0 spiro atoms. The van der Waals surface area contributed by atoms with Crippen molar-refractivity contribution < 1.29 is 14.3 Å². The Kier molecular flexibility index (Phi) is 3.73. The van der Waals surface area contributed by atoms with E-state index in [-0.39, 0.29) is 11.3 Å². The summed E-state index contributed by atoms with van der Waals surface area (Å²) in [6, 6.07) is 4.30. The molecule has 1 atom stereocenters. The maximum atomic E-state index is 11.5. The second kappa shape index (κ2) is 4.85. The molecular weight excluding hydrogens is 232 g/mol. The zero-order valence-corrected chi connectivity index (χ0v) is 9.32. The van der Waals surface area contributed by atoms with Crippen LogP contribution in [0.5, 0.6) is 0 Å². The lowest BCUT2D eigenvalue weighted by molar-refractivity contribution is -0.125. The Labute approximate surface area is 97.3 Å². The number of amides is 1. The largest absolute Gasteiger partial charge is 0.449 e. The van der Waals surface area contributed by atoms with Gasteiger partial charge < -0.3 is 16.2 Å². The molecule has 0 aliphatic heterocycles. The molecule has 0 fully saturated rings. The average Bonchev–Trinajstić information content (AvgIpc) is 2.21. The molecule has 6 heteroatoms. The van der Waals surface area contributed by atoms with Gasteiger partial charge in [-0.2, -0.15) is 0 Å². The summed E-state index contributed by atoms with van der Waals surface area (Å²) in [6.45, 7) is 1.39. The molecule has 0 aromatic heterocycles. The molecular formula is C10H11ClN2O3. The normalized spacial score (nSPS) is 11.9. The Morgan fingerprint density at radius 1 is 1.44 bits per heavy atom. The fourth-order valence-corrected chi connectivity index (χ4v) is 1.07. The number of nitrogens with two attached hydrogens (primary N) is 2. The number of carbonyl (C=O) groups is 2. The molecule has 16 heavy (non-hydrogen) atoms. The molecule has 0 saturated heterocycles. The van der Waals surface area contributed by atoms with Crippen LogP contribution >= 0.6 is 11.6 Å². The quantitative estimate of drug-likeness (QED) is 0.609. The van der Waals surface area contributed by atoms with Gasteiger partial charge in [0, 0.05) is 0 Å². The lowest BCUT2D eigenvalue weighted by Crippen LogP contribution is -2.30.